The molecule has 7 heteroatoms. The topological polar surface area (TPSA) is 70.1 Å². The Labute approximate surface area is 121 Å². The maximum absolute atomic E-state index is 13.3. The van der Waals surface area contributed by atoms with Crippen molar-refractivity contribution in [2.75, 3.05) is 26.7 Å². The molecular weight excluding hydrogens is 279 g/mol. The maximum Gasteiger partial charge on any atom is 0.327 e. The van der Waals surface area contributed by atoms with Gasteiger partial charge in [-0.15, -0.1) is 0 Å². The number of amides is 3. The highest BCUT2D eigenvalue weighted by molar-refractivity contribution is 6.01. The summed E-state index contributed by atoms with van der Waals surface area (Å²) in [6, 6.07) is 5.74. The number of likely N-dealkylation sites (N-methyl/N-ethyl adjacent to an activating group) is 1. The van der Waals surface area contributed by atoms with E-state index in [4.69, 9.17) is 4.74 Å². The van der Waals surface area contributed by atoms with Gasteiger partial charge in [-0.25, -0.2) is 9.18 Å². The van der Waals surface area contributed by atoms with Gasteiger partial charge in [-0.3, -0.25) is 9.69 Å². The first kappa shape index (κ1) is 15.4. The number of β-amino-alcohol motifs (C(OH)–C–C–N with tert-alkyl or cyclic N) is 1. The predicted molar refractivity (Wildman–Crippen MR) is 71.8 cm³/mol. The summed E-state index contributed by atoms with van der Waals surface area (Å²) in [5.74, 6) is -0.728. The lowest BCUT2D eigenvalue weighted by atomic mass is 10.2. The molecule has 0 radical (unpaired) electrons. The second-order valence-electron chi connectivity index (χ2n) is 4.90. The summed E-state index contributed by atoms with van der Waals surface area (Å²) in [5, 5.41) is 9.80. The molecule has 1 N–H and O–H groups in total. The zero-order valence-corrected chi connectivity index (χ0v) is 11.7. The van der Waals surface area contributed by atoms with Crippen molar-refractivity contribution in [2.45, 2.75) is 12.7 Å². The molecule has 0 bridgehead atoms. The molecular formula is C14H17FN2O4. The molecule has 1 fully saturated rings. The zero-order chi connectivity index (χ0) is 15.4. The van der Waals surface area contributed by atoms with E-state index in [-0.39, 0.29) is 38.0 Å². The summed E-state index contributed by atoms with van der Waals surface area (Å²) in [7, 11) is 1.52. The van der Waals surface area contributed by atoms with Gasteiger partial charge in [-0.1, -0.05) is 18.2 Å². The molecule has 2 rings (SSSR count). The highest BCUT2D eigenvalue weighted by Crippen LogP contribution is 2.10. The van der Waals surface area contributed by atoms with Crippen molar-refractivity contribution in [1.82, 2.24) is 9.80 Å². The van der Waals surface area contributed by atoms with E-state index < -0.39 is 12.1 Å². The quantitative estimate of drug-likeness (QED) is 0.780. The first-order valence-corrected chi connectivity index (χ1v) is 6.53. The summed E-state index contributed by atoms with van der Waals surface area (Å²) in [5.41, 5.74) is 0.387. The number of carbonyl (C=O) groups excluding carboxylic acids is 2. The van der Waals surface area contributed by atoms with Crippen LogP contribution in [0.2, 0.25) is 0 Å². The van der Waals surface area contributed by atoms with Gasteiger partial charge in [0, 0.05) is 12.6 Å². The summed E-state index contributed by atoms with van der Waals surface area (Å²) in [6.45, 7) is -0.179. The van der Waals surface area contributed by atoms with E-state index in [1.165, 1.54) is 18.0 Å². The minimum Gasteiger partial charge on any atom is -0.389 e. The Balaban J connectivity index is 1.78. The lowest BCUT2D eigenvalue weighted by Gasteiger charge is -2.18. The molecule has 0 saturated carbocycles. The van der Waals surface area contributed by atoms with Crippen LogP contribution in [-0.2, 0) is 16.1 Å². The van der Waals surface area contributed by atoms with Crippen LogP contribution in [0, 0.1) is 5.82 Å². The third-order valence-corrected chi connectivity index (χ3v) is 3.15. The highest BCUT2D eigenvalue weighted by Gasteiger charge is 2.34. The fourth-order valence-electron chi connectivity index (χ4n) is 2.03. The van der Waals surface area contributed by atoms with Crippen molar-refractivity contribution in [1.29, 1.82) is 0 Å². The Morgan fingerprint density at radius 2 is 2.10 bits per heavy atom. The molecule has 1 aromatic rings. The molecule has 0 spiro atoms. The van der Waals surface area contributed by atoms with Crippen LogP contribution in [0.1, 0.15) is 5.56 Å². The molecule has 1 atom stereocenters. The largest absolute Gasteiger partial charge is 0.389 e. The van der Waals surface area contributed by atoms with Gasteiger partial charge in [0.05, 0.1) is 25.9 Å². The Bertz CT molecular complexity index is 537. The van der Waals surface area contributed by atoms with E-state index in [9.17, 15) is 19.1 Å². The van der Waals surface area contributed by atoms with Gasteiger partial charge in [-0.05, 0) is 6.07 Å². The normalized spacial score (nSPS) is 16.7. The molecule has 1 heterocycles. The number of halogens is 1. The van der Waals surface area contributed by atoms with E-state index in [0.717, 1.165) is 4.90 Å². The number of hydrogen-bond donors (Lipinski definition) is 1. The van der Waals surface area contributed by atoms with Crippen LogP contribution in [0.25, 0.3) is 0 Å². The molecule has 1 saturated heterocycles. The molecule has 114 valence electrons. The van der Waals surface area contributed by atoms with Crippen molar-refractivity contribution < 1.29 is 23.8 Å². The number of ether oxygens (including phenoxy) is 1. The standard InChI is InChI=1S/C14H17FN2O4/c1-16-7-13(19)17(14(16)20)6-11(18)9-21-8-10-4-2-3-5-12(10)15/h2-5,11,18H,6-9H2,1H3. The summed E-state index contributed by atoms with van der Waals surface area (Å²) in [6.07, 6.45) is -1.00. The van der Waals surface area contributed by atoms with Crippen LogP contribution < -0.4 is 0 Å². The number of aliphatic hydroxyl groups excluding tert-OH is 1. The molecule has 1 aliphatic heterocycles. The minimum absolute atomic E-state index is 0.0155. The van der Waals surface area contributed by atoms with Gasteiger partial charge in [-0.2, -0.15) is 0 Å². The van der Waals surface area contributed by atoms with Gasteiger partial charge in [0.25, 0.3) is 0 Å². The van der Waals surface area contributed by atoms with Crippen LogP contribution in [0.15, 0.2) is 24.3 Å². The van der Waals surface area contributed by atoms with Gasteiger partial charge in [0.1, 0.15) is 12.4 Å². The van der Waals surface area contributed by atoms with Crippen LogP contribution in [0.4, 0.5) is 9.18 Å². The summed E-state index contributed by atoms with van der Waals surface area (Å²) < 4.78 is 18.6. The van der Waals surface area contributed by atoms with E-state index >= 15 is 0 Å². The monoisotopic (exact) mass is 296 g/mol. The molecule has 6 nitrogen and oxygen atoms in total. The van der Waals surface area contributed by atoms with Gasteiger partial charge in [0.2, 0.25) is 5.91 Å². The molecule has 0 aliphatic carbocycles. The number of carbonyl (C=O) groups is 2. The van der Waals surface area contributed by atoms with Crippen LogP contribution in [0.5, 0.6) is 0 Å². The molecule has 1 aromatic carbocycles. The van der Waals surface area contributed by atoms with Crippen LogP contribution in [-0.4, -0.2) is 59.7 Å². The van der Waals surface area contributed by atoms with E-state index in [0.29, 0.717) is 5.56 Å². The number of hydrogen-bond acceptors (Lipinski definition) is 4. The van der Waals surface area contributed by atoms with Crippen molar-refractivity contribution in [3.05, 3.63) is 35.6 Å². The molecule has 0 aromatic heterocycles. The Hall–Kier alpha value is -1.99. The van der Waals surface area contributed by atoms with Crippen LogP contribution >= 0.6 is 0 Å². The van der Waals surface area contributed by atoms with E-state index in [2.05, 4.69) is 0 Å². The lowest BCUT2D eigenvalue weighted by Crippen LogP contribution is -2.39. The molecule has 21 heavy (non-hydrogen) atoms. The van der Waals surface area contributed by atoms with Crippen molar-refractivity contribution in [3.8, 4) is 0 Å². The van der Waals surface area contributed by atoms with Gasteiger partial charge >= 0.3 is 6.03 Å². The first-order valence-electron chi connectivity index (χ1n) is 6.53. The fourth-order valence-corrected chi connectivity index (χ4v) is 2.03. The van der Waals surface area contributed by atoms with Crippen molar-refractivity contribution in [2.24, 2.45) is 0 Å². The Kier molecular flexibility index (Phi) is 4.87. The predicted octanol–water partition coefficient (Wildman–Crippen LogP) is 0.597. The number of aliphatic hydroxyl groups is 1. The SMILES string of the molecule is CN1CC(=O)N(CC(O)COCc2ccccc2F)C1=O. The zero-order valence-electron chi connectivity index (χ0n) is 11.7. The second-order valence-corrected chi connectivity index (χ2v) is 4.90. The summed E-state index contributed by atoms with van der Waals surface area (Å²) in [4.78, 5) is 25.4. The van der Waals surface area contributed by atoms with Crippen molar-refractivity contribution in [3.63, 3.8) is 0 Å². The third-order valence-electron chi connectivity index (χ3n) is 3.15. The minimum atomic E-state index is -1.00. The molecule has 1 aliphatic rings. The van der Waals surface area contributed by atoms with Gasteiger partial charge < -0.3 is 14.7 Å². The number of urea groups is 1. The smallest absolute Gasteiger partial charge is 0.327 e. The average Bonchev–Trinajstić information content (AvgIpc) is 2.68. The number of nitrogens with zero attached hydrogens (tertiary/aromatic N) is 2. The lowest BCUT2D eigenvalue weighted by molar-refractivity contribution is -0.126. The summed E-state index contributed by atoms with van der Waals surface area (Å²) >= 11 is 0. The first-order chi connectivity index (χ1) is 9.99. The number of imide groups is 1. The fraction of sp³-hybridized carbons (Fsp3) is 0.429. The second kappa shape index (κ2) is 6.64. The molecule has 1 unspecified atom stereocenters. The van der Waals surface area contributed by atoms with Gasteiger partial charge in [0.15, 0.2) is 0 Å². The van der Waals surface area contributed by atoms with E-state index in [1.54, 1.807) is 18.2 Å². The number of benzene rings is 1. The Morgan fingerprint density at radius 1 is 1.38 bits per heavy atom. The third kappa shape index (κ3) is 3.77. The highest BCUT2D eigenvalue weighted by atomic mass is 19.1. The van der Waals surface area contributed by atoms with Crippen LogP contribution in [0.3, 0.4) is 0 Å². The number of rotatable bonds is 6. The van der Waals surface area contributed by atoms with E-state index in [1.807, 2.05) is 0 Å². The average molecular weight is 296 g/mol. The van der Waals surface area contributed by atoms with Crippen molar-refractivity contribution >= 4 is 11.9 Å². The molecule has 3 amide bonds. The Morgan fingerprint density at radius 3 is 2.71 bits per heavy atom. The maximum atomic E-state index is 13.3.